The summed E-state index contributed by atoms with van der Waals surface area (Å²) in [5.74, 6) is -1.09. The summed E-state index contributed by atoms with van der Waals surface area (Å²) in [6.45, 7) is 0.935. The standard InChI is InChI=1S/C24H23N3O5/c1-32-19-5-2-4-17(14-19)22(29)20-21(16-6-8-18(28)9-7-16)27(24(31)23(20)30)12-3-11-26-13-10-25-15-26/h2,4-10,13-15,21,28-29H,3,11-12H2,1H3/b22-20+. The van der Waals surface area contributed by atoms with Crippen LogP contribution in [0.2, 0.25) is 0 Å². The maximum absolute atomic E-state index is 13.0. The van der Waals surface area contributed by atoms with Crippen LogP contribution >= 0.6 is 0 Å². The number of hydrogen-bond acceptors (Lipinski definition) is 6. The molecule has 0 aliphatic carbocycles. The van der Waals surface area contributed by atoms with Gasteiger partial charge < -0.3 is 24.4 Å². The van der Waals surface area contributed by atoms with Crippen LogP contribution in [0.5, 0.6) is 11.5 Å². The molecule has 3 aromatic rings. The van der Waals surface area contributed by atoms with Gasteiger partial charge in [-0.05, 0) is 36.2 Å². The second-order valence-corrected chi connectivity index (χ2v) is 7.47. The topological polar surface area (TPSA) is 105 Å². The number of likely N-dealkylation sites (tertiary alicyclic amines) is 1. The molecule has 4 rings (SSSR count). The smallest absolute Gasteiger partial charge is 0.295 e. The van der Waals surface area contributed by atoms with Gasteiger partial charge in [-0.25, -0.2) is 4.98 Å². The highest BCUT2D eigenvalue weighted by Gasteiger charge is 2.45. The monoisotopic (exact) mass is 433 g/mol. The molecular formula is C24H23N3O5. The Morgan fingerprint density at radius 2 is 1.91 bits per heavy atom. The predicted octanol–water partition coefficient (Wildman–Crippen LogP) is 3.11. The van der Waals surface area contributed by atoms with Crippen LogP contribution in [0.3, 0.4) is 0 Å². The van der Waals surface area contributed by atoms with Crippen molar-refractivity contribution in [1.82, 2.24) is 14.5 Å². The van der Waals surface area contributed by atoms with Crippen LogP contribution in [-0.2, 0) is 16.1 Å². The molecule has 2 N–H and O–H groups in total. The molecule has 2 heterocycles. The van der Waals surface area contributed by atoms with Gasteiger partial charge in [-0.1, -0.05) is 24.3 Å². The fourth-order valence-electron chi connectivity index (χ4n) is 3.88. The van der Waals surface area contributed by atoms with E-state index in [1.54, 1.807) is 48.9 Å². The highest BCUT2D eigenvalue weighted by molar-refractivity contribution is 6.46. The molecule has 1 unspecified atom stereocenters. The third-order valence-corrected chi connectivity index (χ3v) is 5.47. The Bertz CT molecular complexity index is 1150. The average Bonchev–Trinajstić information content (AvgIpc) is 3.41. The van der Waals surface area contributed by atoms with Gasteiger partial charge in [-0.15, -0.1) is 0 Å². The van der Waals surface area contributed by atoms with Gasteiger partial charge in [0, 0.05) is 31.0 Å². The number of aliphatic hydroxyl groups excluding tert-OH is 1. The maximum atomic E-state index is 13.0. The van der Waals surface area contributed by atoms with Crippen LogP contribution in [-0.4, -0.2) is 50.0 Å². The van der Waals surface area contributed by atoms with Crippen molar-refractivity contribution in [2.45, 2.75) is 19.0 Å². The highest BCUT2D eigenvalue weighted by atomic mass is 16.5. The third-order valence-electron chi connectivity index (χ3n) is 5.47. The molecule has 1 fully saturated rings. The SMILES string of the molecule is COc1cccc(/C(O)=C2\C(=O)C(=O)N(CCCn3ccnc3)C2c2ccc(O)cc2)c1. The molecule has 0 bridgehead atoms. The van der Waals surface area contributed by atoms with Crippen molar-refractivity contribution >= 4 is 17.4 Å². The summed E-state index contributed by atoms with van der Waals surface area (Å²) in [5, 5.41) is 20.8. The molecule has 2 aromatic carbocycles. The van der Waals surface area contributed by atoms with Gasteiger partial charge in [0.05, 0.1) is 25.1 Å². The summed E-state index contributed by atoms with van der Waals surface area (Å²) in [6.07, 6.45) is 5.79. The molecule has 0 spiro atoms. The number of methoxy groups -OCH3 is 1. The number of ketones is 1. The number of phenols is 1. The van der Waals surface area contributed by atoms with Gasteiger partial charge in [0.2, 0.25) is 0 Å². The number of aromatic hydroxyl groups is 1. The first-order chi connectivity index (χ1) is 15.5. The zero-order valence-corrected chi connectivity index (χ0v) is 17.5. The van der Waals surface area contributed by atoms with Gasteiger partial charge in [-0.2, -0.15) is 0 Å². The molecule has 8 heteroatoms. The minimum Gasteiger partial charge on any atom is -0.508 e. The molecule has 1 atom stereocenters. The largest absolute Gasteiger partial charge is 0.508 e. The molecule has 1 aliphatic heterocycles. The van der Waals surface area contributed by atoms with Crippen LogP contribution in [0.4, 0.5) is 0 Å². The lowest BCUT2D eigenvalue weighted by Gasteiger charge is -2.25. The summed E-state index contributed by atoms with van der Waals surface area (Å²) in [5.41, 5.74) is 1.01. The lowest BCUT2D eigenvalue weighted by Crippen LogP contribution is -2.31. The molecule has 0 saturated carbocycles. The van der Waals surface area contributed by atoms with E-state index in [2.05, 4.69) is 4.98 Å². The molecular weight excluding hydrogens is 410 g/mol. The van der Waals surface area contributed by atoms with Gasteiger partial charge in [0.15, 0.2) is 0 Å². The molecule has 32 heavy (non-hydrogen) atoms. The van der Waals surface area contributed by atoms with Crippen molar-refractivity contribution in [1.29, 1.82) is 0 Å². The third kappa shape index (κ3) is 4.07. The molecule has 1 aromatic heterocycles. The van der Waals surface area contributed by atoms with E-state index in [-0.39, 0.29) is 17.1 Å². The second-order valence-electron chi connectivity index (χ2n) is 7.47. The molecule has 1 aliphatic rings. The number of Topliss-reactive ketones (excluding diaryl/α,β-unsaturated/α-hetero) is 1. The number of rotatable bonds is 7. The highest BCUT2D eigenvalue weighted by Crippen LogP contribution is 2.40. The van der Waals surface area contributed by atoms with E-state index < -0.39 is 17.7 Å². The lowest BCUT2D eigenvalue weighted by molar-refractivity contribution is -0.139. The zero-order valence-electron chi connectivity index (χ0n) is 17.5. The fraction of sp³-hybridized carbons (Fsp3) is 0.208. The Balaban J connectivity index is 1.73. The number of ether oxygens (including phenoxy) is 1. The number of aliphatic hydroxyl groups is 1. The summed E-state index contributed by atoms with van der Waals surface area (Å²) < 4.78 is 7.11. The minimum atomic E-state index is -0.774. The summed E-state index contributed by atoms with van der Waals surface area (Å²) in [6, 6.07) is 12.2. The average molecular weight is 433 g/mol. The van der Waals surface area contributed by atoms with E-state index >= 15 is 0 Å². The predicted molar refractivity (Wildman–Crippen MR) is 117 cm³/mol. The van der Waals surface area contributed by atoms with Crippen molar-refractivity contribution in [3.63, 3.8) is 0 Å². The van der Waals surface area contributed by atoms with Gasteiger partial charge in [-0.3, -0.25) is 9.59 Å². The fourth-order valence-corrected chi connectivity index (χ4v) is 3.88. The lowest BCUT2D eigenvalue weighted by atomic mass is 9.95. The Morgan fingerprint density at radius 1 is 1.12 bits per heavy atom. The van der Waals surface area contributed by atoms with Crippen LogP contribution in [0.15, 0.2) is 72.8 Å². The normalized spacial score (nSPS) is 17.7. The van der Waals surface area contributed by atoms with E-state index in [0.29, 0.717) is 36.4 Å². The Morgan fingerprint density at radius 3 is 2.59 bits per heavy atom. The zero-order chi connectivity index (χ0) is 22.7. The minimum absolute atomic E-state index is 0.0107. The number of phenolic OH excluding ortho intramolecular Hbond substituents is 1. The van der Waals surface area contributed by atoms with E-state index in [1.165, 1.54) is 24.1 Å². The number of carbonyl (C=O) groups is 2. The van der Waals surface area contributed by atoms with E-state index in [4.69, 9.17) is 4.74 Å². The summed E-state index contributed by atoms with van der Waals surface area (Å²) in [4.78, 5) is 31.5. The van der Waals surface area contributed by atoms with Crippen molar-refractivity contribution in [3.05, 3.63) is 84.0 Å². The number of aromatic nitrogens is 2. The second kappa shape index (κ2) is 8.97. The number of imidazole rings is 1. The van der Waals surface area contributed by atoms with Crippen molar-refractivity contribution in [2.75, 3.05) is 13.7 Å². The molecule has 0 radical (unpaired) electrons. The Labute approximate surface area is 185 Å². The van der Waals surface area contributed by atoms with Crippen LogP contribution in [0.1, 0.15) is 23.6 Å². The van der Waals surface area contributed by atoms with Crippen LogP contribution in [0.25, 0.3) is 5.76 Å². The van der Waals surface area contributed by atoms with Gasteiger partial charge in [0.25, 0.3) is 11.7 Å². The van der Waals surface area contributed by atoms with Gasteiger partial charge >= 0.3 is 0 Å². The molecule has 8 nitrogen and oxygen atoms in total. The van der Waals surface area contributed by atoms with E-state index in [9.17, 15) is 19.8 Å². The first-order valence-electron chi connectivity index (χ1n) is 10.2. The Hall–Kier alpha value is -4.07. The van der Waals surface area contributed by atoms with Gasteiger partial charge in [0.1, 0.15) is 17.3 Å². The Kier molecular flexibility index (Phi) is 5.93. The number of hydrogen-bond donors (Lipinski definition) is 2. The van der Waals surface area contributed by atoms with Crippen molar-refractivity contribution in [3.8, 4) is 11.5 Å². The quantitative estimate of drug-likeness (QED) is 0.337. The van der Waals surface area contributed by atoms with Crippen LogP contribution in [0, 0.1) is 0 Å². The number of benzene rings is 2. The first kappa shape index (κ1) is 21.2. The number of aryl methyl sites for hydroxylation is 1. The summed E-state index contributed by atoms with van der Waals surface area (Å²) >= 11 is 0. The van der Waals surface area contributed by atoms with Crippen molar-refractivity contribution in [2.24, 2.45) is 0 Å². The van der Waals surface area contributed by atoms with E-state index in [0.717, 1.165) is 0 Å². The summed E-state index contributed by atoms with van der Waals surface area (Å²) in [7, 11) is 1.51. The number of carbonyl (C=O) groups excluding carboxylic acids is 2. The first-order valence-corrected chi connectivity index (χ1v) is 10.2. The number of amides is 1. The van der Waals surface area contributed by atoms with Crippen molar-refractivity contribution < 1.29 is 24.5 Å². The maximum Gasteiger partial charge on any atom is 0.295 e. The molecule has 1 saturated heterocycles. The van der Waals surface area contributed by atoms with E-state index in [1.807, 2.05) is 10.8 Å². The molecule has 1 amide bonds. The molecule has 164 valence electrons. The van der Waals surface area contributed by atoms with Crippen LogP contribution < -0.4 is 4.74 Å². The number of nitrogens with zero attached hydrogens (tertiary/aromatic N) is 3.